The van der Waals surface area contributed by atoms with E-state index in [9.17, 15) is 4.79 Å². The van der Waals surface area contributed by atoms with Gasteiger partial charge in [-0.3, -0.25) is 4.79 Å². The fourth-order valence-electron chi connectivity index (χ4n) is 3.13. The SMILES string of the molecule is COc1ccc(C(C)NC(=O)C2CCn3cncc3C2)cc1OC. The molecule has 1 aliphatic rings. The lowest BCUT2D eigenvalue weighted by molar-refractivity contribution is -0.126. The number of aromatic nitrogens is 2. The van der Waals surface area contributed by atoms with E-state index >= 15 is 0 Å². The maximum absolute atomic E-state index is 12.6. The topological polar surface area (TPSA) is 65.4 Å². The zero-order valence-electron chi connectivity index (χ0n) is 14.3. The number of carbonyl (C=O) groups is 1. The van der Waals surface area contributed by atoms with Gasteiger partial charge in [0.1, 0.15) is 0 Å². The maximum atomic E-state index is 12.6. The van der Waals surface area contributed by atoms with Crippen LogP contribution in [0.5, 0.6) is 11.5 Å². The van der Waals surface area contributed by atoms with Gasteiger partial charge in [-0.05, 0) is 31.0 Å². The van der Waals surface area contributed by atoms with E-state index < -0.39 is 0 Å². The predicted octanol–water partition coefficient (Wildman–Crippen LogP) is 2.34. The van der Waals surface area contributed by atoms with Crippen LogP contribution in [-0.2, 0) is 17.8 Å². The second kappa shape index (κ2) is 6.95. The average molecular weight is 329 g/mol. The monoisotopic (exact) mass is 329 g/mol. The zero-order chi connectivity index (χ0) is 17.1. The summed E-state index contributed by atoms with van der Waals surface area (Å²) in [5.41, 5.74) is 2.11. The average Bonchev–Trinajstić information content (AvgIpc) is 3.08. The molecule has 6 heteroatoms. The molecule has 0 bridgehead atoms. The number of ether oxygens (including phenoxy) is 2. The molecule has 3 rings (SSSR count). The molecule has 2 unspecified atom stereocenters. The van der Waals surface area contributed by atoms with Crippen molar-refractivity contribution < 1.29 is 14.3 Å². The third-order valence-electron chi connectivity index (χ3n) is 4.61. The first kappa shape index (κ1) is 16.4. The first-order chi connectivity index (χ1) is 11.6. The summed E-state index contributed by atoms with van der Waals surface area (Å²) in [6.45, 7) is 2.82. The Morgan fingerprint density at radius 2 is 2.12 bits per heavy atom. The minimum atomic E-state index is -0.0934. The first-order valence-electron chi connectivity index (χ1n) is 8.13. The minimum absolute atomic E-state index is 0.00297. The van der Waals surface area contributed by atoms with E-state index in [1.807, 2.05) is 37.6 Å². The second-order valence-corrected chi connectivity index (χ2v) is 6.11. The van der Waals surface area contributed by atoms with Crippen LogP contribution in [0, 0.1) is 5.92 Å². The van der Waals surface area contributed by atoms with Crippen LogP contribution < -0.4 is 14.8 Å². The van der Waals surface area contributed by atoms with Crippen molar-refractivity contribution in [2.24, 2.45) is 5.92 Å². The lowest BCUT2D eigenvalue weighted by Gasteiger charge is -2.25. The summed E-state index contributed by atoms with van der Waals surface area (Å²) in [6.07, 6.45) is 5.26. The van der Waals surface area contributed by atoms with E-state index in [1.54, 1.807) is 14.2 Å². The third-order valence-corrected chi connectivity index (χ3v) is 4.61. The fraction of sp³-hybridized carbons (Fsp3) is 0.444. The van der Waals surface area contributed by atoms with Crippen molar-refractivity contribution in [3.63, 3.8) is 0 Å². The number of benzene rings is 1. The summed E-state index contributed by atoms with van der Waals surface area (Å²) in [5, 5.41) is 3.11. The van der Waals surface area contributed by atoms with E-state index in [0.717, 1.165) is 30.6 Å². The molecule has 6 nitrogen and oxygen atoms in total. The Bertz CT molecular complexity index is 726. The third kappa shape index (κ3) is 3.22. The highest BCUT2D eigenvalue weighted by Gasteiger charge is 2.26. The molecule has 1 aliphatic heterocycles. The highest BCUT2D eigenvalue weighted by Crippen LogP contribution is 2.30. The second-order valence-electron chi connectivity index (χ2n) is 6.11. The van der Waals surface area contributed by atoms with Crippen LogP contribution >= 0.6 is 0 Å². The molecule has 0 fully saturated rings. The van der Waals surface area contributed by atoms with Gasteiger partial charge in [0.05, 0.1) is 26.6 Å². The quantitative estimate of drug-likeness (QED) is 0.914. The number of aryl methyl sites for hydroxylation is 1. The summed E-state index contributed by atoms with van der Waals surface area (Å²) < 4.78 is 12.7. The number of nitrogens with one attached hydrogen (secondary N) is 1. The maximum Gasteiger partial charge on any atom is 0.224 e. The van der Waals surface area contributed by atoms with Gasteiger partial charge in [0.2, 0.25) is 5.91 Å². The van der Waals surface area contributed by atoms with E-state index in [1.165, 1.54) is 0 Å². The van der Waals surface area contributed by atoms with Crippen molar-refractivity contribution in [2.75, 3.05) is 14.2 Å². The van der Waals surface area contributed by atoms with Crippen LogP contribution in [0.2, 0.25) is 0 Å². The van der Waals surface area contributed by atoms with Crippen LogP contribution in [0.4, 0.5) is 0 Å². The largest absolute Gasteiger partial charge is 0.493 e. The van der Waals surface area contributed by atoms with Gasteiger partial charge in [-0.2, -0.15) is 0 Å². The molecular formula is C18H23N3O3. The van der Waals surface area contributed by atoms with Crippen molar-refractivity contribution in [1.29, 1.82) is 0 Å². The standard InChI is InChI=1S/C18H23N3O3/c1-12(13-4-5-16(23-2)17(9-13)24-3)20-18(22)14-6-7-21-11-19-10-15(21)8-14/h4-5,9-12,14H,6-8H2,1-3H3,(H,20,22). The molecule has 1 amide bonds. The van der Waals surface area contributed by atoms with Crippen LogP contribution in [0.25, 0.3) is 0 Å². The molecule has 1 N–H and O–H groups in total. The summed E-state index contributed by atoms with van der Waals surface area (Å²) in [6, 6.07) is 5.61. The number of rotatable bonds is 5. The van der Waals surface area contributed by atoms with Gasteiger partial charge in [-0.1, -0.05) is 6.07 Å². The number of hydrogen-bond acceptors (Lipinski definition) is 4. The number of carbonyl (C=O) groups excluding carboxylic acids is 1. The van der Waals surface area contributed by atoms with E-state index in [0.29, 0.717) is 11.5 Å². The van der Waals surface area contributed by atoms with Gasteiger partial charge in [-0.25, -0.2) is 4.98 Å². The molecule has 0 saturated carbocycles. The van der Waals surface area contributed by atoms with E-state index in [4.69, 9.17) is 9.47 Å². The van der Waals surface area contributed by atoms with Gasteiger partial charge in [-0.15, -0.1) is 0 Å². The van der Waals surface area contributed by atoms with Crippen molar-refractivity contribution in [2.45, 2.75) is 32.4 Å². The molecule has 24 heavy (non-hydrogen) atoms. The molecule has 0 spiro atoms. The van der Waals surface area contributed by atoms with Crippen LogP contribution in [0.15, 0.2) is 30.7 Å². The zero-order valence-corrected chi connectivity index (χ0v) is 14.3. The molecule has 2 aromatic rings. The number of amides is 1. The fourth-order valence-corrected chi connectivity index (χ4v) is 3.13. The Balaban J connectivity index is 1.66. The number of imidazole rings is 1. The molecule has 128 valence electrons. The Kier molecular flexibility index (Phi) is 4.74. The Labute approximate surface area is 141 Å². The summed E-state index contributed by atoms with van der Waals surface area (Å²) in [5.74, 6) is 1.43. The number of fused-ring (bicyclic) bond motifs is 1. The number of hydrogen-bond donors (Lipinski definition) is 1. The highest BCUT2D eigenvalue weighted by molar-refractivity contribution is 5.79. The van der Waals surface area contributed by atoms with Gasteiger partial charge < -0.3 is 19.4 Å². The van der Waals surface area contributed by atoms with Gasteiger partial charge in [0.15, 0.2) is 11.5 Å². The van der Waals surface area contributed by atoms with Crippen LogP contribution in [-0.4, -0.2) is 29.7 Å². The highest BCUT2D eigenvalue weighted by atomic mass is 16.5. The molecule has 0 aliphatic carbocycles. The lowest BCUT2D eigenvalue weighted by atomic mass is 9.94. The summed E-state index contributed by atoms with van der Waals surface area (Å²) in [4.78, 5) is 16.7. The number of methoxy groups -OCH3 is 2. The smallest absolute Gasteiger partial charge is 0.224 e. The molecule has 2 atom stereocenters. The van der Waals surface area contributed by atoms with Crippen molar-refractivity contribution in [3.05, 3.63) is 42.0 Å². The Morgan fingerprint density at radius 1 is 1.33 bits per heavy atom. The van der Waals surface area contributed by atoms with Gasteiger partial charge >= 0.3 is 0 Å². The Morgan fingerprint density at radius 3 is 2.88 bits per heavy atom. The van der Waals surface area contributed by atoms with E-state index in [2.05, 4.69) is 14.9 Å². The van der Waals surface area contributed by atoms with E-state index in [-0.39, 0.29) is 17.9 Å². The Hall–Kier alpha value is -2.50. The van der Waals surface area contributed by atoms with Gasteiger partial charge in [0.25, 0.3) is 0 Å². The van der Waals surface area contributed by atoms with Gasteiger partial charge in [0, 0.05) is 30.8 Å². The van der Waals surface area contributed by atoms with Crippen molar-refractivity contribution >= 4 is 5.91 Å². The van der Waals surface area contributed by atoms with Crippen molar-refractivity contribution in [1.82, 2.24) is 14.9 Å². The van der Waals surface area contributed by atoms with Crippen LogP contribution in [0.1, 0.15) is 30.6 Å². The van der Waals surface area contributed by atoms with Crippen molar-refractivity contribution in [3.8, 4) is 11.5 Å². The molecule has 0 saturated heterocycles. The molecule has 2 heterocycles. The lowest BCUT2D eigenvalue weighted by Crippen LogP contribution is -2.36. The summed E-state index contributed by atoms with van der Waals surface area (Å²) in [7, 11) is 3.21. The molecular weight excluding hydrogens is 306 g/mol. The van der Waals surface area contributed by atoms with Crippen LogP contribution in [0.3, 0.4) is 0 Å². The minimum Gasteiger partial charge on any atom is -0.493 e. The number of nitrogens with zero attached hydrogens (tertiary/aromatic N) is 2. The normalized spacial score (nSPS) is 17.7. The summed E-state index contributed by atoms with van der Waals surface area (Å²) >= 11 is 0. The molecule has 1 aromatic carbocycles. The molecule has 0 radical (unpaired) electrons. The first-order valence-corrected chi connectivity index (χ1v) is 8.13. The predicted molar refractivity (Wildman–Crippen MR) is 90.1 cm³/mol. The molecule has 1 aromatic heterocycles.